The van der Waals surface area contributed by atoms with E-state index in [9.17, 15) is 4.79 Å². The van der Waals surface area contributed by atoms with E-state index >= 15 is 0 Å². The monoisotopic (exact) mass is 299 g/mol. The Morgan fingerprint density at radius 1 is 1.18 bits per heavy atom. The van der Waals surface area contributed by atoms with Crippen molar-refractivity contribution in [3.05, 3.63) is 45.2 Å². The summed E-state index contributed by atoms with van der Waals surface area (Å²) in [6.45, 7) is 7.29. The number of aromatic nitrogens is 1. The van der Waals surface area contributed by atoms with E-state index in [2.05, 4.69) is 49.3 Å². The van der Waals surface area contributed by atoms with Gasteiger partial charge in [-0.1, -0.05) is 25.0 Å². The molecule has 0 amide bonds. The second-order valence-corrected chi connectivity index (χ2v) is 7.04. The first-order chi connectivity index (χ1) is 10.5. The molecule has 3 nitrogen and oxygen atoms in total. The van der Waals surface area contributed by atoms with Gasteiger partial charge in [0.2, 0.25) is 0 Å². The molecule has 0 unspecified atom stereocenters. The van der Waals surface area contributed by atoms with Crippen LogP contribution in [0, 0.1) is 19.8 Å². The molecule has 0 radical (unpaired) electrons. The van der Waals surface area contributed by atoms with E-state index in [0.717, 1.165) is 34.5 Å². The van der Waals surface area contributed by atoms with Crippen molar-refractivity contribution in [2.24, 2.45) is 5.92 Å². The minimum atomic E-state index is 0.0687. The van der Waals surface area contributed by atoms with Crippen molar-refractivity contribution >= 4 is 10.9 Å². The Bertz CT molecular complexity index is 732. The van der Waals surface area contributed by atoms with Gasteiger partial charge in [0.15, 0.2) is 0 Å². The number of hydrogen-bond acceptors (Lipinski definition) is 1. The molecule has 0 aliphatic heterocycles. The standard InChI is InChI=1S/C19H26N2O/c1-12-8-14(3)18-15(9-12)10-16(19(22)21-18)11-20-17-7-5-4-6-13(17)2/h8-10,13,17,20H,4-7,11H2,1-3H3,(H,21,22)/p+1/t13-,17-/m0/s1. The van der Waals surface area contributed by atoms with E-state index < -0.39 is 0 Å². The van der Waals surface area contributed by atoms with E-state index in [4.69, 9.17) is 0 Å². The zero-order valence-electron chi connectivity index (χ0n) is 13.9. The van der Waals surface area contributed by atoms with Crippen molar-refractivity contribution in [3.8, 4) is 0 Å². The van der Waals surface area contributed by atoms with Gasteiger partial charge in [0.25, 0.3) is 5.56 Å². The van der Waals surface area contributed by atoms with E-state index in [1.54, 1.807) is 0 Å². The quantitative estimate of drug-likeness (QED) is 0.899. The highest BCUT2D eigenvalue weighted by atomic mass is 16.1. The maximum Gasteiger partial charge on any atom is 0.257 e. The van der Waals surface area contributed by atoms with E-state index in [0.29, 0.717) is 6.04 Å². The van der Waals surface area contributed by atoms with Gasteiger partial charge in [-0.15, -0.1) is 0 Å². The van der Waals surface area contributed by atoms with E-state index in [1.807, 2.05) is 0 Å². The molecule has 1 heterocycles. The number of quaternary nitrogens is 1. The van der Waals surface area contributed by atoms with Crippen molar-refractivity contribution < 1.29 is 5.32 Å². The van der Waals surface area contributed by atoms with Crippen LogP contribution in [0.25, 0.3) is 10.9 Å². The zero-order valence-corrected chi connectivity index (χ0v) is 13.9. The van der Waals surface area contributed by atoms with Gasteiger partial charge in [-0.25, -0.2) is 0 Å². The molecule has 1 aliphatic rings. The predicted octanol–water partition coefficient (Wildman–Crippen LogP) is 2.79. The molecule has 1 fully saturated rings. The predicted molar refractivity (Wildman–Crippen MR) is 91.1 cm³/mol. The topological polar surface area (TPSA) is 49.5 Å². The average Bonchev–Trinajstić information content (AvgIpc) is 2.47. The lowest BCUT2D eigenvalue weighted by atomic mass is 9.86. The third kappa shape index (κ3) is 3.09. The minimum Gasteiger partial charge on any atom is -0.340 e. The van der Waals surface area contributed by atoms with E-state index in [-0.39, 0.29) is 5.56 Å². The van der Waals surface area contributed by atoms with Crippen LogP contribution in [0.4, 0.5) is 0 Å². The van der Waals surface area contributed by atoms with Crippen LogP contribution in [-0.2, 0) is 6.54 Å². The number of nitrogens with two attached hydrogens (primary N) is 1. The Balaban J connectivity index is 1.84. The number of aryl methyl sites for hydroxylation is 2. The Kier molecular flexibility index (Phi) is 4.34. The number of benzene rings is 1. The van der Waals surface area contributed by atoms with Gasteiger partial charge in [0.05, 0.1) is 17.1 Å². The molecule has 3 N–H and O–H groups in total. The summed E-state index contributed by atoms with van der Waals surface area (Å²) in [4.78, 5) is 15.4. The number of fused-ring (bicyclic) bond motifs is 1. The number of rotatable bonds is 3. The van der Waals surface area contributed by atoms with Gasteiger partial charge in [-0.05, 0) is 56.2 Å². The van der Waals surface area contributed by atoms with Crippen LogP contribution in [0.3, 0.4) is 0 Å². The molecule has 0 spiro atoms. The SMILES string of the molecule is Cc1cc(C)c2[nH]c(=O)c(C[NH2+][C@H]3CCCC[C@@H]3C)cc2c1. The summed E-state index contributed by atoms with van der Waals surface area (Å²) in [6.07, 6.45) is 5.30. The molecule has 3 heteroatoms. The Hall–Kier alpha value is -1.61. The minimum absolute atomic E-state index is 0.0687. The first-order valence-electron chi connectivity index (χ1n) is 8.51. The normalized spacial score (nSPS) is 22.1. The van der Waals surface area contributed by atoms with Crippen LogP contribution in [-0.4, -0.2) is 11.0 Å². The van der Waals surface area contributed by atoms with Gasteiger partial charge >= 0.3 is 0 Å². The van der Waals surface area contributed by atoms with Crippen LogP contribution >= 0.6 is 0 Å². The second kappa shape index (κ2) is 6.25. The van der Waals surface area contributed by atoms with Crippen molar-refractivity contribution in [1.82, 2.24) is 4.98 Å². The summed E-state index contributed by atoms with van der Waals surface area (Å²) in [5.41, 5.74) is 4.33. The Morgan fingerprint density at radius 3 is 2.73 bits per heavy atom. The van der Waals surface area contributed by atoms with Crippen LogP contribution < -0.4 is 10.9 Å². The number of aromatic amines is 1. The summed E-state index contributed by atoms with van der Waals surface area (Å²) in [6, 6.07) is 7.03. The summed E-state index contributed by atoms with van der Waals surface area (Å²) >= 11 is 0. The first kappa shape index (κ1) is 15.3. The summed E-state index contributed by atoms with van der Waals surface area (Å²) in [5.74, 6) is 0.762. The van der Waals surface area contributed by atoms with Crippen molar-refractivity contribution in [3.63, 3.8) is 0 Å². The highest BCUT2D eigenvalue weighted by molar-refractivity contribution is 5.82. The van der Waals surface area contributed by atoms with Crippen molar-refractivity contribution in [1.29, 1.82) is 0 Å². The fourth-order valence-electron chi connectivity index (χ4n) is 3.86. The molecule has 1 aromatic carbocycles. The average molecular weight is 299 g/mol. The Morgan fingerprint density at radius 2 is 1.95 bits per heavy atom. The highest BCUT2D eigenvalue weighted by Gasteiger charge is 2.24. The van der Waals surface area contributed by atoms with Gasteiger partial charge in [-0.3, -0.25) is 4.79 Å². The molecule has 0 saturated heterocycles. The second-order valence-electron chi connectivity index (χ2n) is 7.04. The van der Waals surface area contributed by atoms with Gasteiger partial charge < -0.3 is 10.3 Å². The zero-order chi connectivity index (χ0) is 15.7. The maximum absolute atomic E-state index is 12.3. The molecule has 2 atom stereocenters. The van der Waals surface area contributed by atoms with Crippen LogP contribution in [0.2, 0.25) is 0 Å². The molecule has 1 aromatic heterocycles. The lowest BCUT2D eigenvalue weighted by Gasteiger charge is -2.26. The molecule has 22 heavy (non-hydrogen) atoms. The fraction of sp³-hybridized carbons (Fsp3) is 0.526. The number of H-pyrrole nitrogens is 1. The molecule has 3 rings (SSSR count). The third-order valence-electron chi connectivity index (χ3n) is 5.19. The molecule has 1 saturated carbocycles. The van der Waals surface area contributed by atoms with Crippen LogP contribution in [0.5, 0.6) is 0 Å². The van der Waals surface area contributed by atoms with Gasteiger partial charge in [-0.2, -0.15) is 0 Å². The van der Waals surface area contributed by atoms with Gasteiger partial charge in [0, 0.05) is 5.92 Å². The van der Waals surface area contributed by atoms with Crippen LogP contribution in [0.1, 0.15) is 49.3 Å². The molecule has 0 bridgehead atoms. The number of pyridine rings is 1. The van der Waals surface area contributed by atoms with Crippen LogP contribution in [0.15, 0.2) is 23.0 Å². The first-order valence-corrected chi connectivity index (χ1v) is 8.51. The number of nitrogens with one attached hydrogen (secondary N) is 1. The van der Waals surface area contributed by atoms with Crippen molar-refractivity contribution in [2.45, 2.75) is 59.0 Å². The lowest BCUT2D eigenvalue weighted by Crippen LogP contribution is -2.90. The highest BCUT2D eigenvalue weighted by Crippen LogP contribution is 2.21. The lowest BCUT2D eigenvalue weighted by molar-refractivity contribution is -0.712. The molecular weight excluding hydrogens is 272 g/mol. The van der Waals surface area contributed by atoms with Crippen molar-refractivity contribution in [2.75, 3.05) is 0 Å². The molecule has 2 aromatic rings. The van der Waals surface area contributed by atoms with Gasteiger partial charge in [0.1, 0.15) is 6.54 Å². The Labute approximate surface area is 132 Å². The van der Waals surface area contributed by atoms with E-state index in [1.165, 1.54) is 31.2 Å². The summed E-state index contributed by atoms with van der Waals surface area (Å²) in [7, 11) is 0. The number of hydrogen-bond donors (Lipinski definition) is 2. The fourth-order valence-corrected chi connectivity index (χ4v) is 3.86. The summed E-state index contributed by atoms with van der Waals surface area (Å²) < 4.78 is 0. The molecule has 1 aliphatic carbocycles. The molecular formula is C19H27N2O+. The molecule has 118 valence electrons. The third-order valence-corrected chi connectivity index (χ3v) is 5.19. The largest absolute Gasteiger partial charge is 0.340 e. The maximum atomic E-state index is 12.3. The smallest absolute Gasteiger partial charge is 0.257 e. The summed E-state index contributed by atoms with van der Waals surface area (Å²) in [5, 5.41) is 3.53.